The van der Waals surface area contributed by atoms with Crippen LogP contribution in [0.5, 0.6) is 0 Å². The van der Waals surface area contributed by atoms with Gasteiger partial charge in [0.2, 0.25) is 0 Å². The number of carboxylic acid groups (broad SMARTS) is 1. The number of carboxylic acids is 1. The molecule has 0 bridgehead atoms. The van der Waals surface area contributed by atoms with Gasteiger partial charge in [0.15, 0.2) is 0 Å². The van der Waals surface area contributed by atoms with Crippen molar-refractivity contribution in [2.24, 2.45) is 0 Å². The van der Waals surface area contributed by atoms with E-state index < -0.39 is 23.4 Å². The summed E-state index contributed by atoms with van der Waals surface area (Å²) in [4.78, 5) is 24.6. The molecule has 1 fully saturated rings. The fourth-order valence-corrected chi connectivity index (χ4v) is 2.46. The maximum Gasteiger partial charge on any atom is 0.329 e. The van der Waals surface area contributed by atoms with E-state index in [1.54, 1.807) is 0 Å². The quantitative estimate of drug-likeness (QED) is 0.882. The summed E-state index contributed by atoms with van der Waals surface area (Å²) < 4.78 is 13.6. The first-order valence-corrected chi connectivity index (χ1v) is 6.49. The Hall–Kier alpha value is -1.82. The summed E-state index contributed by atoms with van der Waals surface area (Å²) in [7, 11) is 0. The number of halogens is 2. The number of carbonyl (C=O) groups excluding carboxylic acids is 1. The lowest BCUT2D eigenvalue weighted by Crippen LogP contribution is -2.52. The van der Waals surface area contributed by atoms with Crippen LogP contribution in [0.2, 0.25) is 5.02 Å². The predicted octanol–water partition coefficient (Wildman–Crippen LogP) is 2.95. The Labute approximate surface area is 120 Å². The lowest BCUT2D eigenvalue weighted by atomic mass is 10.00. The van der Waals surface area contributed by atoms with Crippen LogP contribution in [0, 0.1) is 5.82 Å². The van der Waals surface area contributed by atoms with Gasteiger partial charge in [-0.2, -0.15) is 0 Å². The molecule has 1 aliphatic heterocycles. The average Bonchev–Trinajstić information content (AvgIpc) is 2.77. The van der Waals surface area contributed by atoms with E-state index in [0.717, 1.165) is 6.07 Å². The molecule has 0 radical (unpaired) electrons. The molecule has 1 heterocycles. The number of hydrogen-bond acceptors (Lipinski definition) is 2. The van der Waals surface area contributed by atoms with Crippen molar-refractivity contribution in [3.8, 4) is 0 Å². The van der Waals surface area contributed by atoms with Gasteiger partial charge in [-0.05, 0) is 38.0 Å². The van der Waals surface area contributed by atoms with Gasteiger partial charge in [-0.1, -0.05) is 11.6 Å². The van der Waals surface area contributed by atoms with Crippen LogP contribution < -0.4 is 5.32 Å². The Morgan fingerprint density at radius 3 is 2.85 bits per heavy atom. The van der Waals surface area contributed by atoms with Crippen molar-refractivity contribution in [3.63, 3.8) is 0 Å². The van der Waals surface area contributed by atoms with Gasteiger partial charge in [0.1, 0.15) is 11.4 Å². The molecule has 1 aromatic carbocycles. The third-order valence-electron chi connectivity index (χ3n) is 3.52. The molecule has 2 amide bonds. The van der Waals surface area contributed by atoms with Crippen molar-refractivity contribution in [1.29, 1.82) is 0 Å². The van der Waals surface area contributed by atoms with Crippen LogP contribution in [0.25, 0.3) is 0 Å². The number of rotatable bonds is 2. The summed E-state index contributed by atoms with van der Waals surface area (Å²) in [6, 6.07) is 3.14. The molecule has 108 valence electrons. The maximum absolute atomic E-state index is 13.6. The number of urea groups is 1. The SMILES string of the molecule is CC1(C(=O)O)CCCN1C(=O)Nc1cc(Cl)ccc1F. The number of aliphatic carboxylic acids is 1. The van der Waals surface area contributed by atoms with Gasteiger partial charge in [-0.3, -0.25) is 0 Å². The second-order valence-corrected chi connectivity index (χ2v) is 5.32. The number of anilines is 1. The van der Waals surface area contributed by atoms with Gasteiger partial charge in [0.25, 0.3) is 0 Å². The molecule has 0 spiro atoms. The van der Waals surface area contributed by atoms with Crippen LogP contribution in [-0.4, -0.2) is 34.1 Å². The van der Waals surface area contributed by atoms with Gasteiger partial charge < -0.3 is 15.3 Å². The van der Waals surface area contributed by atoms with E-state index in [-0.39, 0.29) is 10.7 Å². The lowest BCUT2D eigenvalue weighted by Gasteiger charge is -2.31. The Kier molecular flexibility index (Phi) is 3.85. The third-order valence-corrected chi connectivity index (χ3v) is 3.75. The van der Waals surface area contributed by atoms with Crippen molar-refractivity contribution >= 4 is 29.3 Å². The number of benzene rings is 1. The number of nitrogens with zero attached hydrogens (tertiary/aromatic N) is 1. The Bertz CT molecular complexity index is 567. The normalized spacial score (nSPS) is 21.9. The first-order valence-electron chi connectivity index (χ1n) is 6.11. The molecule has 2 rings (SSSR count). The molecule has 5 nitrogen and oxygen atoms in total. The van der Waals surface area contributed by atoms with Gasteiger partial charge in [0, 0.05) is 11.6 Å². The van der Waals surface area contributed by atoms with E-state index in [2.05, 4.69) is 5.32 Å². The van der Waals surface area contributed by atoms with Crippen molar-refractivity contribution in [2.75, 3.05) is 11.9 Å². The summed E-state index contributed by atoms with van der Waals surface area (Å²) in [6.07, 6.45) is 0.960. The number of nitrogens with one attached hydrogen (secondary N) is 1. The molecule has 1 unspecified atom stereocenters. The second kappa shape index (κ2) is 5.28. The minimum atomic E-state index is -1.26. The highest BCUT2D eigenvalue weighted by Gasteiger charge is 2.46. The molecule has 7 heteroatoms. The van der Waals surface area contributed by atoms with Crippen molar-refractivity contribution in [1.82, 2.24) is 4.90 Å². The Morgan fingerprint density at radius 1 is 1.50 bits per heavy atom. The van der Waals surface area contributed by atoms with E-state index in [1.165, 1.54) is 24.0 Å². The molecule has 20 heavy (non-hydrogen) atoms. The minimum Gasteiger partial charge on any atom is -0.480 e. The average molecular weight is 301 g/mol. The van der Waals surface area contributed by atoms with Crippen LogP contribution in [0.3, 0.4) is 0 Å². The maximum atomic E-state index is 13.6. The van der Waals surface area contributed by atoms with Crippen molar-refractivity contribution in [2.45, 2.75) is 25.3 Å². The van der Waals surface area contributed by atoms with Crippen molar-refractivity contribution in [3.05, 3.63) is 29.0 Å². The molecule has 1 saturated heterocycles. The molecule has 0 saturated carbocycles. The fourth-order valence-electron chi connectivity index (χ4n) is 2.29. The fraction of sp³-hybridized carbons (Fsp3) is 0.385. The summed E-state index contributed by atoms with van der Waals surface area (Å²) in [6.45, 7) is 1.80. The minimum absolute atomic E-state index is 0.0675. The number of amides is 2. The lowest BCUT2D eigenvalue weighted by molar-refractivity contribution is -0.146. The highest BCUT2D eigenvalue weighted by atomic mass is 35.5. The highest BCUT2D eigenvalue weighted by Crippen LogP contribution is 2.30. The van der Waals surface area contributed by atoms with Gasteiger partial charge >= 0.3 is 12.0 Å². The van der Waals surface area contributed by atoms with E-state index in [4.69, 9.17) is 11.6 Å². The number of likely N-dealkylation sites (tertiary alicyclic amines) is 1. The van der Waals surface area contributed by atoms with E-state index >= 15 is 0 Å². The molecule has 0 aliphatic carbocycles. The van der Waals surface area contributed by atoms with Crippen LogP contribution >= 0.6 is 11.6 Å². The zero-order chi connectivity index (χ0) is 14.9. The van der Waals surface area contributed by atoms with E-state index in [9.17, 15) is 19.1 Å². The summed E-state index contributed by atoms with van der Waals surface area (Å²) in [5.41, 5.74) is -1.33. The highest BCUT2D eigenvalue weighted by molar-refractivity contribution is 6.30. The topological polar surface area (TPSA) is 69.6 Å². The molecule has 1 atom stereocenters. The van der Waals surface area contributed by atoms with Crippen LogP contribution in [0.4, 0.5) is 14.9 Å². The first kappa shape index (κ1) is 14.6. The molecule has 1 aromatic rings. The van der Waals surface area contributed by atoms with Gasteiger partial charge in [-0.25, -0.2) is 14.0 Å². The van der Waals surface area contributed by atoms with E-state index in [1.807, 2.05) is 0 Å². The Balaban J connectivity index is 2.20. The monoisotopic (exact) mass is 300 g/mol. The van der Waals surface area contributed by atoms with Crippen molar-refractivity contribution < 1.29 is 19.1 Å². The summed E-state index contributed by atoms with van der Waals surface area (Å²) in [5.74, 6) is -1.70. The molecular formula is C13H14ClFN2O3. The molecule has 1 aliphatic rings. The van der Waals surface area contributed by atoms with Crippen LogP contribution in [0.1, 0.15) is 19.8 Å². The number of hydrogen-bond donors (Lipinski definition) is 2. The molecule has 0 aromatic heterocycles. The molecular weight excluding hydrogens is 287 g/mol. The van der Waals surface area contributed by atoms with Gasteiger partial charge in [0.05, 0.1) is 5.69 Å². The third kappa shape index (κ3) is 2.56. The zero-order valence-electron chi connectivity index (χ0n) is 10.8. The van der Waals surface area contributed by atoms with Gasteiger partial charge in [-0.15, -0.1) is 0 Å². The largest absolute Gasteiger partial charge is 0.480 e. The summed E-state index contributed by atoms with van der Waals surface area (Å²) >= 11 is 5.74. The van der Waals surface area contributed by atoms with E-state index in [0.29, 0.717) is 19.4 Å². The predicted molar refractivity (Wildman–Crippen MR) is 72.4 cm³/mol. The zero-order valence-corrected chi connectivity index (χ0v) is 11.6. The standard InChI is InChI=1S/C13H14ClFN2O3/c1-13(11(18)19)5-2-6-17(13)12(20)16-10-7-8(14)3-4-9(10)15/h3-4,7H,2,5-6H2,1H3,(H,16,20)(H,18,19). The van der Waals surface area contributed by atoms with Crippen LogP contribution in [-0.2, 0) is 4.79 Å². The summed E-state index contributed by atoms with van der Waals surface area (Å²) in [5, 5.41) is 11.9. The molecule has 2 N–H and O–H groups in total. The first-order chi connectivity index (χ1) is 9.34. The van der Waals surface area contributed by atoms with Crippen LogP contribution in [0.15, 0.2) is 18.2 Å². The Morgan fingerprint density at radius 2 is 2.20 bits per heavy atom. The second-order valence-electron chi connectivity index (χ2n) is 4.89. The smallest absolute Gasteiger partial charge is 0.329 e. The number of carbonyl (C=O) groups is 2.